The number of nitrogens with one attached hydrogen (secondary N) is 1. The molecular weight excluding hydrogens is 404 g/mol. The fourth-order valence-corrected chi connectivity index (χ4v) is 5.21. The second-order valence-electron chi connectivity index (χ2n) is 8.37. The minimum absolute atomic E-state index is 0.0204. The smallest absolute Gasteiger partial charge is 0.255 e. The molecule has 2 aromatic rings. The number of ether oxygens (including phenoxy) is 1. The van der Waals surface area contributed by atoms with Crippen LogP contribution in [0.3, 0.4) is 0 Å². The quantitative estimate of drug-likeness (QED) is 0.794. The molecule has 8 heteroatoms. The van der Waals surface area contributed by atoms with Gasteiger partial charge in [-0.2, -0.15) is 0 Å². The summed E-state index contributed by atoms with van der Waals surface area (Å²) >= 11 is 6.23. The number of hydrogen-bond donors (Lipinski definition) is 1. The molecule has 0 bridgehead atoms. The third-order valence-electron chi connectivity index (χ3n) is 6.78. The number of benzene rings is 1. The molecule has 1 amide bonds. The lowest BCUT2D eigenvalue weighted by Crippen LogP contribution is -2.45. The number of anilines is 1. The molecule has 7 nitrogen and oxygen atoms in total. The maximum atomic E-state index is 12.9. The first-order valence-electron chi connectivity index (χ1n) is 10.6. The van der Waals surface area contributed by atoms with Gasteiger partial charge in [-0.3, -0.25) is 14.6 Å². The van der Waals surface area contributed by atoms with Crippen LogP contribution in [0.1, 0.15) is 40.9 Å². The number of H-pyrrole nitrogens is 1. The number of nitrogens with zero attached hydrogens (tertiary/aromatic N) is 3. The summed E-state index contributed by atoms with van der Waals surface area (Å²) in [6.45, 7) is 4.04. The van der Waals surface area contributed by atoms with Gasteiger partial charge >= 0.3 is 0 Å². The minimum atomic E-state index is -0.123. The highest BCUT2D eigenvalue weighted by Gasteiger charge is 2.45. The standard InChI is InChI=1S/C22H25ClN4O3/c23-17-4-2-1-3-15(17)20(29)26-9-7-22(8-10-26)6-5-16-18(22)24-21(25-19(16)28)27-11-13-30-14-12-27/h1-4H,5-14H2,(H,24,25,28). The first kappa shape index (κ1) is 19.6. The van der Waals surface area contributed by atoms with Crippen molar-refractivity contribution < 1.29 is 9.53 Å². The van der Waals surface area contributed by atoms with Gasteiger partial charge in [-0.25, -0.2) is 4.98 Å². The molecule has 3 aliphatic rings. The molecule has 5 rings (SSSR count). The van der Waals surface area contributed by atoms with Crippen LogP contribution in [0.4, 0.5) is 5.95 Å². The highest BCUT2D eigenvalue weighted by Crippen LogP contribution is 2.44. The molecule has 158 valence electrons. The largest absolute Gasteiger partial charge is 0.378 e. The van der Waals surface area contributed by atoms with Gasteiger partial charge in [-0.1, -0.05) is 23.7 Å². The monoisotopic (exact) mass is 428 g/mol. The Kier molecular flexibility index (Phi) is 5.03. The summed E-state index contributed by atoms with van der Waals surface area (Å²) in [5, 5.41) is 0.484. The molecule has 3 heterocycles. The third kappa shape index (κ3) is 3.30. The van der Waals surface area contributed by atoms with Crippen molar-refractivity contribution in [3.63, 3.8) is 0 Å². The molecule has 0 unspecified atom stereocenters. The number of amides is 1. The van der Waals surface area contributed by atoms with Gasteiger partial charge in [0.1, 0.15) is 0 Å². The molecule has 1 spiro atoms. The van der Waals surface area contributed by atoms with Gasteiger partial charge in [0.15, 0.2) is 0 Å². The summed E-state index contributed by atoms with van der Waals surface area (Å²) in [7, 11) is 0. The van der Waals surface area contributed by atoms with Crippen molar-refractivity contribution in [1.82, 2.24) is 14.9 Å². The number of likely N-dealkylation sites (tertiary alicyclic amines) is 1. The molecule has 1 aromatic carbocycles. The van der Waals surface area contributed by atoms with Crippen LogP contribution >= 0.6 is 11.6 Å². The lowest BCUT2D eigenvalue weighted by molar-refractivity contribution is 0.0663. The van der Waals surface area contributed by atoms with Crippen molar-refractivity contribution in [3.8, 4) is 0 Å². The van der Waals surface area contributed by atoms with E-state index in [0.29, 0.717) is 42.8 Å². The topological polar surface area (TPSA) is 78.5 Å². The zero-order valence-electron chi connectivity index (χ0n) is 16.8. The Hall–Kier alpha value is -2.38. The van der Waals surface area contributed by atoms with Crippen molar-refractivity contribution in [2.45, 2.75) is 31.1 Å². The lowest BCUT2D eigenvalue weighted by Gasteiger charge is -2.39. The van der Waals surface area contributed by atoms with Crippen LogP contribution in [-0.2, 0) is 16.6 Å². The molecule has 0 atom stereocenters. The average molecular weight is 429 g/mol. The Morgan fingerprint density at radius 2 is 1.83 bits per heavy atom. The van der Waals surface area contributed by atoms with E-state index in [1.807, 2.05) is 17.0 Å². The summed E-state index contributed by atoms with van der Waals surface area (Å²) in [4.78, 5) is 37.6. The van der Waals surface area contributed by atoms with E-state index in [0.717, 1.165) is 50.0 Å². The number of hydrogen-bond acceptors (Lipinski definition) is 5. The van der Waals surface area contributed by atoms with E-state index >= 15 is 0 Å². The molecule has 2 aliphatic heterocycles. The van der Waals surface area contributed by atoms with E-state index in [1.54, 1.807) is 12.1 Å². The molecule has 1 aromatic heterocycles. The molecule has 30 heavy (non-hydrogen) atoms. The van der Waals surface area contributed by atoms with Gasteiger partial charge < -0.3 is 14.5 Å². The Bertz CT molecular complexity index is 1020. The number of fused-ring (bicyclic) bond motifs is 2. The Balaban J connectivity index is 1.38. The van der Waals surface area contributed by atoms with Gasteiger partial charge in [-0.05, 0) is 37.8 Å². The van der Waals surface area contributed by atoms with Crippen LogP contribution in [0, 0.1) is 0 Å². The van der Waals surface area contributed by atoms with Crippen LogP contribution in [0.15, 0.2) is 29.1 Å². The number of aromatic nitrogens is 2. The summed E-state index contributed by atoms with van der Waals surface area (Å²) < 4.78 is 5.42. The summed E-state index contributed by atoms with van der Waals surface area (Å²) in [5.41, 5.74) is 2.16. The van der Waals surface area contributed by atoms with E-state index in [1.165, 1.54) is 0 Å². The third-order valence-corrected chi connectivity index (χ3v) is 7.11. The molecular formula is C22H25ClN4O3. The fraction of sp³-hybridized carbons (Fsp3) is 0.500. The molecule has 2 fully saturated rings. The highest BCUT2D eigenvalue weighted by molar-refractivity contribution is 6.33. The normalized spacial score (nSPS) is 20.4. The first-order valence-corrected chi connectivity index (χ1v) is 11.0. The van der Waals surface area contributed by atoms with Gasteiger partial charge in [0, 0.05) is 37.2 Å². The maximum Gasteiger partial charge on any atom is 0.255 e. The van der Waals surface area contributed by atoms with Crippen LogP contribution in [-0.4, -0.2) is 60.2 Å². The van der Waals surface area contributed by atoms with Crippen molar-refractivity contribution in [2.24, 2.45) is 0 Å². The van der Waals surface area contributed by atoms with Gasteiger partial charge in [0.2, 0.25) is 5.95 Å². The number of carbonyl (C=O) groups is 1. The molecule has 0 saturated carbocycles. The van der Waals surface area contributed by atoms with Crippen LogP contribution in [0.5, 0.6) is 0 Å². The fourth-order valence-electron chi connectivity index (χ4n) is 4.99. The number of carbonyl (C=O) groups excluding carboxylic acids is 1. The second-order valence-corrected chi connectivity index (χ2v) is 8.78. The first-order chi connectivity index (χ1) is 14.6. The highest BCUT2D eigenvalue weighted by atomic mass is 35.5. The number of morpholine rings is 1. The molecule has 2 saturated heterocycles. The van der Waals surface area contributed by atoms with E-state index in [-0.39, 0.29) is 16.9 Å². The van der Waals surface area contributed by atoms with Crippen LogP contribution in [0.25, 0.3) is 0 Å². The Morgan fingerprint density at radius 1 is 1.10 bits per heavy atom. The maximum absolute atomic E-state index is 12.9. The van der Waals surface area contributed by atoms with Crippen molar-refractivity contribution in [3.05, 3.63) is 56.5 Å². The molecule has 0 radical (unpaired) electrons. The van der Waals surface area contributed by atoms with Crippen LogP contribution in [0.2, 0.25) is 5.02 Å². The summed E-state index contributed by atoms with van der Waals surface area (Å²) in [6, 6.07) is 7.18. The van der Waals surface area contributed by atoms with Crippen molar-refractivity contribution in [2.75, 3.05) is 44.3 Å². The van der Waals surface area contributed by atoms with E-state index in [2.05, 4.69) is 9.88 Å². The van der Waals surface area contributed by atoms with E-state index < -0.39 is 0 Å². The number of halogens is 1. The SMILES string of the molecule is O=C(c1ccccc1Cl)N1CCC2(CCc3c2nc(N2CCOCC2)[nH]c3=O)CC1. The Morgan fingerprint density at radius 3 is 2.57 bits per heavy atom. The summed E-state index contributed by atoms with van der Waals surface area (Å²) in [6.07, 6.45) is 3.29. The van der Waals surface area contributed by atoms with Crippen LogP contribution < -0.4 is 10.5 Å². The minimum Gasteiger partial charge on any atom is -0.378 e. The number of rotatable bonds is 2. The van der Waals surface area contributed by atoms with Gasteiger partial charge in [0.05, 0.1) is 29.5 Å². The van der Waals surface area contributed by atoms with E-state index in [4.69, 9.17) is 21.3 Å². The average Bonchev–Trinajstić information content (AvgIpc) is 3.13. The molecule has 1 N–H and O–H groups in total. The van der Waals surface area contributed by atoms with Crippen molar-refractivity contribution in [1.29, 1.82) is 0 Å². The Labute approximate surface area is 180 Å². The number of piperidine rings is 1. The predicted octanol–water partition coefficient (Wildman–Crippen LogP) is 2.38. The molecule has 1 aliphatic carbocycles. The van der Waals surface area contributed by atoms with E-state index in [9.17, 15) is 9.59 Å². The lowest BCUT2D eigenvalue weighted by atomic mass is 9.76. The zero-order valence-corrected chi connectivity index (χ0v) is 17.6. The summed E-state index contributed by atoms with van der Waals surface area (Å²) in [5.74, 6) is 0.624. The van der Waals surface area contributed by atoms with Gasteiger partial charge in [-0.15, -0.1) is 0 Å². The zero-order chi connectivity index (χ0) is 20.7. The number of aromatic amines is 1. The second kappa shape index (κ2) is 7.71. The predicted molar refractivity (Wildman–Crippen MR) is 114 cm³/mol. The van der Waals surface area contributed by atoms with Crippen molar-refractivity contribution >= 4 is 23.5 Å². The van der Waals surface area contributed by atoms with Gasteiger partial charge in [0.25, 0.3) is 11.5 Å².